The molecule has 0 atom stereocenters. The van der Waals surface area contributed by atoms with Crippen molar-refractivity contribution in [2.24, 2.45) is 0 Å². The highest BCUT2D eigenvalue weighted by Crippen LogP contribution is 2.44. The first kappa shape index (κ1) is 31.0. The maximum absolute atomic E-state index is 6.59. The van der Waals surface area contributed by atoms with Crippen molar-refractivity contribution in [3.8, 4) is 11.1 Å². The van der Waals surface area contributed by atoms with Crippen LogP contribution in [0.1, 0.15) is 0 Å². The Hall–Kier alpha value is -7.42. The Labute approximate surface area is 323 Å². The molecule has 56 heavy (non-hydrogen) atoms. The Bertz CT molecular complexity index is 3560. The lowest BCUT2D eigenvalue weighted by Crippen LogP contribution is -2.09. The monoisotopic (exact) mass is 711 g/mol. The lowest BCUT2D eigenvalue weighted by molar-refractivity contribution is 0.669. The van der Waals surface area contributed by atoms with Gasteiger partial charge in [-0.15, -0.1) is 0 Å². The van der Waals surface area contributed by atoms with Crippen molar-refractivity contribution in [1.29, 1.82) is 0 Å². The number of rotatable bonds is 4. The van der Waals surface area contributed by atoms with E-state index >= 15 is 0 Å². The Balaban J connectivity index is 1.07. The van der Waals surface area contributed by atoms with Crippen molar-refractivity contribution in [3.05, 3.63) is 200 Å². The van der Waals surface area contributed by atoms with E-state index in [0.29, 0.717) is 0 Å². The molecule has 0 aliphatic heterocycles. The highest BCUT2D eigenvalue weighted by molar-refractivity contribution is 6.18. The largest absolute Gasteiger partial charge is 0.456 e. The van der Waals surface area contributed by atoms with E-state index in [2.05, 4.69) is 205 Å². The van der Waals surface area contributed by atoms with Crippen LogP contribution < -0.4 is 4.90 Å². The highest BCUT2D eigenvalue weighted by Gasteiger charge is 2.19. The Morgan fingerprint density at radius 1 is 0.286 bits per heavy atom. The summed E-state index contributed by atoms with van der Waals surface area (Å²) in [5.41, 5.74) is 7.36. The maximum Gasteiger partial charge on any atom is 0.136 e. The fourth-order valence-electron chi connectivity index (χ4n) is 9.08. The molecule has 0 fully saturated rings. The third-order valence-electron chi connectivity index (χ3n) is 11.8. The standard InChI is InChI=1S/C54H33NO/c1-2-11-38-30-41(23-20-34(38)8-1)55(42-24-28-46-39(31-42)22-27-48-44-12-5-3-10-36(44)21-26-49(46)48)43-25-29-52-51(33-43)54-47(14-7-15-53(54)56-52)40-19-18-37-17-16-35-9-4-6-13-45(35)50(37)32-40/h1-33H. The van der Waals surface area contributed by atoms with Crippen LogP contribution in [0.3, 0.4) is 0 Å². The number of anilines is 3. The van der Waals surface area contributed by atoms with Crippen molar-refractivity contribution in [2.75, 3.05) is 4.90 Å². The Morgan fingerprint density at radius 2 is 0.821 bits per heavy atom. The van der Waals surface area contributed by atoms with Crippen molar-refractivity contribution in [1.82, 2.24) is 0 Å². The van der Waals surface area contributed by atoms with Crippen LogP contribution in [-0.4, -0.2) is 0 Å². The van der Waals surface area contributed by atoms with Gasteiger partial charge in [-0.1, -0.05) is 146 Å². The molecule has 12 aromatic rings. The fraction of sp³-hybridized carbons (Fsp3) is 0. The average Bonchev–Trinajstić information content (AvgIpc) is 3.64. The molecule has 0 radical (unpaired) electrons. The van der Waals surface area contributed by atoms with Crippen molar-refractivity contribution in [3.63, 3.8) is 0 Å². The van der Waals surface area contributed by atoms with Gasteiger partial charge >= 0.3 is 0 Å². The van der Waals surface area contributed by atoms with Crippen molar-refractivity contribution >= 4 is 104 Å². The normalized spacial score (nSPS) is 11.9. The molecule has 0 aliphatic rings. The first-order valence-electron chi connectivity index (χ1n) is 19.2. The molecule has 260 valence electrons. The SMILES string of the molecule is c1ccc2cc(N(c3ccc4c(ccc5c6ccccc6ccc45)c3)c3ccc4oc5cccc(-c6ccc7ccc8ccccc8c7c6)c5c4c3)ccc2c1. The first-order chi connectivity index (χ1) is 27.7. The molecule has 1 heterocycles. The van der Waals surface area contributed by atoms with Gasteiger partial charge in [0.05, 0.1) is 0 Å². The molecule has 0 saturated carbocycles. The molecule has 1 aromatic heterocycles. The Morgan fingerprint density at radius 3 is 1.62 bits per heavy atom. The second kappa shape index (κ2) is 12.0. The lowest BCUT2D eigenvalue weighted by atomic mass is 9.94. The van der Waals surface area contributed by atoms with Crippen LogP contribution in [0.4, 0.5) is 17.1 Å². The first-order valence-corrected chi connectivity index (χ1v) is 19.2. The number of hydrogen-bond acceptors (Lipinski definition) is 2. The van der Waals surface area contributed by atoms with Crippen LogP contribution in [0.25, 0.3) is 97.7 Å². The van der Waals surface area contributed by atoms with Gasteiger partial charge in [-0.2, -0.15) is 0 Å². The molecule has 0 aliphatic carbocycles. The summed E-state index contributed by atoms with van der Waals surface area (Å²) in [6, 6.07) is 73.0. The molecule has 0 unspecified atom stereocenters. The van der Waals surface area contributed by atoms with E-state index in [4.69, 9.17) is 4.42 Å². The number of benzene rings is 11. The smallest absolute Gasteiger partial charge is 0.136 e. The summed E-state index contributed by atoms with van der Waals surface area (Å²) in [6.45, 7) is 0. The molecule has 0 bridgehead atoms. The van der Waals surface area contributed by atoms with Crippen LogP contribution in [0.2, 0.25) is 0 Å². The second-order valence-corrected chi connectivity index (χ2v) is 14.9. The molecule has 0 spiro atoms. The Kier molecular flexibility index (Phi) is 6.66. The van der Waals surface area contributed by atoms with Gasteiger partial charge in [0.15, 0.2) is 0 Å². The quantitative estimate of drug-likeness (QED) is 0.169. The van der Waals surface area contributed by atoms with E-state index < -0.39 is 0 Å². The molecule has 0 saturated heterocycles. The third-order valence-corrected chi connectivity index (χ3v) is 11.8. The van der Waals surface area contributed by atoms with E-state index in [1.807, 2.05) is 0 Å². The number of fused-ring (bicyclic) bond motifs is 12. The average molecular weight is 712 g/mol. The summed E-state index contributed by atoms with van der Waals surface area (Å²) >= 11 is 0. The van der Waals surface area contributed by atoms with Crippen LogP contribution in [0.5, 0.6) is 0 Å². The molecule has 11 aromatic carbocycles. The van der Waals surface area contributed by atoms with Gasteiger partial charge in [-0.05, 0) is 130 Å². The predicted molar refractivity (Wildman–Crippen MR) is 239 cm³/mol. The minimum Gasteiger partial charge on any atom is -0.456 e. The molecular weight excluding hydrogens is 679 g/mol. The van der Waals surface area contributed by atoms with E-state index in [1.54, 1.807) is 0 Å². The molecule has 0 amide bonds. The van der Waals surface area contributed by atoms with E-state index in [9.17, 15) is 0 Å². The van der Waals surface area contributed by atoms with Gasteiger partial charge in [0, 0.05) is 27.8 Å². The summed E-state index contributed by atoms with van der Waals surface area (Å²) in [4.78, 5) is 2.39. The number of furan rings is 1. The summed E-state index contributed by atoms with van der Waals surface area (Å²) in [7, 11) is 0. The minimum atomic E-state index is 0.873. The zero-order valence-corrected chi connectivity index (χ0v) is 30.4. The minimum absolute atomic E-state index is 0.873. The van der Waals surface area contributed by atoms with E-state index in [0.717, 1.165) is 44.6 Å². The second-order valence-electron chi connectivity index (χ2n) is 14.9. The van der Waals surface area contributed by atoms with Gasteiger partial charge < -0.3 is 9.32 Å². The predicted octanol–water partition coefficient (Wildman–Crippen LogP) is 15.6. The van der Waals surface area contributed by atoms with E-state index in [1.165, 1.54) is 70.2 Å². The molecule has 2 nitrogen and oxygen atoms in total. The number of hydrogen-bond donors (Lipinski definition) is 0. The summed E-state index contributed by atoms with van der Waals surface area (Å²) in [5.74, 6) is 0. The molecular formula is C54H33NO. The molecule has 0 N–H and O–H groups in total. The summed E-state index contributed by atoms with van der Waals surface area (Å²) in [6.07, 6.45) is 0. The van der Waals surface area contributed by atoms with Gasteiger partial charge in [-0.25, -0.2) is 0 Å². The van der Waals surface area contributed by atoms with Gasteiger partial charge in [0.1, 0.15) is 11.2 Å². The fourth-order valence-corrected chi connectivity index (χ4v) is 9.08. The van der Waals surface area contributed by atoms with Gasteiger partial charge in [0.2, 0.25) is 0 Å². The topological polar surface area (TPSA) is 16.4 Å². The van der Waals surface area contributed by atoms with Crippen LogP contribution in [0.15, 0.2) is 205 Å². The summed E-state index contributed by atoms with van der Waals surface area (Å²) in [5, 5.41) is 17.2. The van der Waals surface area contributed by atoms with Crippen LogP contribution >= 0.6 is 0 Å². The summed E-state index contributed by atoms with van der Waals surface area (Å²) < 4.78 is 6.59. The third kappa shape index (κ3) is 4.76. The van der Waals surface area contributed by atoms with Gasteiger partial charge in [-0.3, -0.25) is 0 Å². The molecule has 12 rings (SSSR count). The zero-order valence-electron chi connectivity index (χ0n) is 30.4. The number of nitrogens with zero attached hydrogens (tertiary/aromatic N) is 1. The lowest BCUT2D eigenvalue weighted by Gasteiger charge is -2.26. The van der Waals surface area contributed by atoms with Crippen molar-refractivity contribution < 1.29 is 4.42 Å². The van der Waals surface area contributed by atoms with Gasteiger partial charge in [0.25, 0.3) is 0 Å². The molecule has 2 heteroatoms. The van der Waals surface area contributed by atoms with Crippen LogP contribution in [-0.2, 0) is 0 Å². The van der Waals surface area contributed by atoms with Crippen LogP contribution in [0, 0.1) is 0 Å². The zero-order chi connectivity index (χ0) is 36.7. The van der Waals surface area contributed by atoms with E-state index in [-0.39, 0.29) is 0 Å². The van der Waals surface area contributed by atoms with Crippen molar-refractivity contribution in [2.45, 2.75) is 0 Å². The highest BCUT2D eigenvalue weighted by atomic mass is 16.3. The maximum atomic E-state index is 6.59.